The number of rotatable bonds is 9. The normalized spacial score (nSPS) is 17.4. The van der Waals surface area contributed by atoms with Crippen molar-refractivity contribution in [2.45, 2.75) is 52.5 Å². The monoisotopic (exact) mass is 254 g/mol. The second kappa shape index (κ2) is 9.40. The van der Waals surface area contributed by atoms with Gasteiger partial charge in [-0.15, -0.1) is 0 Å². The lowest BCUT2D eigenvalue weighted by Gasteiger charge is -2.27. The largest absolute Gasteiger partial charge is 0.497 e. The van der Waals surface area contributed by atoms with Crippen molar-refractivity contribution in [3.8, 4) is 0 Å². The summed E-state index contributed by atoms with van der Waals surface area (Å²) in [6.07, 6.45) is 6.94. The van der Waals surface area contributed by atoms with Crippen LogP contribution in [-0.2, 0) is 4.74 Å². The van der Waals surface area contributed by atoms with Gasteiger partial charge in [0.2, 0.25) is 0 Å². The molecular weight excluding hydrogens is 224 g/mol. The minimum atomic E-state index is 0.408. The number of hydrogen-bond donors (Lipinski definition) is 1. The van der Waals surface area contributed by atoms with E-state index < -0.39 is 0 Å². The van der Waals surface area contributed by atoms with E-state index in [1.165, 1.54) is 25.0 Å². The van der Waals surface area contributed by atoms with Crippen LogP contribution in [0.4, 0.5) is 0 Å². The molecule has 1 atom stereocenters. The lowest BCUT2D eigenvalue weighted by molar-refractivity contribution is 0.159. The van der Waals surface area contributed by atoms with E-state index in [4.69, 9.17) is 4.74 Å². The Morgan fingerprint density at radius 2 is 2.11 bits per heavy atom. The summed E-state index contributed by atoms with van der Waals surface area (Å²) in [7, 11) is 0. The number of nitrogens with zero attached hydrogens (tertiary/aromatic N) is 1. The summed E-state index contributed by atoms with van der Waals surface area (Å²) >= 11 is 0. The van der Waals surface area contributed by atoms with Crippen LogP contribution in [0.25, 0.3) is 0 Å². The standard InChI is InChI=1S/C15H30N2O/c1-4-11-16-14(10-12-17(5-2)6-3)15-9-7-8-13-18-15/h9,14,16H,4-8,10-13H2,1-3H3. The van der Waals surface area contributed by atoms with Crippen LogP contribution in [-0.4, -0.2) is 43.7 Å². The molecule has 1 unspecified atom stereocenters. The van der Waals surface area contributed by atoms with Gasteiger partial charge in [0.25, 0.3) is 0 Å². The molecule has 0 aromatic rings. The minimum absolute atomic E-state index is 0.408. The second-order valence-corrected chi connectivity index (χ2v) is 4.92. The summed E-state index contributed by atoms with van der Waals surface area (Å²) in [6.45, 7) is 12.1. The molecule has 1 aliphatic heterocycles. The third-order valence-electron chi connectivity index (χ3n) is 3.58. The van der Waals surface area contributed by atoms with Gasteiger partial charge < -0.3 is 15.0 Å². The van der Waals surface area contributed by atoms with Gasteiger partial charge in [0, 0.05) is 6.54 Å². The highest BCUT2D eigenvalue weighted by Crippen LogP contribution is 2.16. The molecule has 0 aliphatic carbocycles. The van der Waals surface area contributed by atoms with Crippen LogP contribution in [0.5, 0.6) is 0 Å². The zero-order valence-corrected chi connectivity index (χ0v) is 12.4. The molecule has 0 fully saturated rings. The highest BCUT2D eigenvalue weighted by molar-refractivity contribution is 5.05. The van der Waals surface area contributed by atoms with E-state index in [1.807, 2.05) is 0 Å². The molecule has 0 bridgehead atoms. The zero-order valence-electron chi connectivity index (χ0n) is 12.4. The average molecular weight is 254 g/mol. The van der Waals surface area contributed by atoms with E-state index in [0.29, 0.717) is 6.04 Å². The van der Waals surface area contributed by atoms with Crippen molar-refractivity contribution >= 4 is 0 Å². The lowest BCUT2D eigenvalue weighted by Crippen LogP contribution is -2.37. The summed E-state index contributed by atoms with van der Waals surface area (Å²) in [4.78, 5) is 2.48. The fourth-order valence-corrected chi connectivity index (χ4v) is 2.33. The van der Waals surface area contributed by atoms with Gasteiger partial charge in [-0.3, -0.25) is 0 Å². The highest BCUT2D eigenvalue weighted by atomic mass is 16.5. The van der Waals surface area contributed by atoms with Crippen molar-refractivity contribution in [3.63, 3.8) is 0 Å². The maximum Gasteiger partial charge on any atom is 0.109 e. The van der Waals surface area contributed by atoms with Crippen molar-refractivity contribution in [1.82, 2.24) is 10.2 Å². The van der Waals surface area contributed by atoms with Gasteiger partial charge in [-0.25, -0.2) is 0 Å². The topological polar surface area (TPSA) is 24.5 Å². The van der Waals surface area contributed by atoms with Crippen LogP contribution in [0.2, 0.25) is 0 Å². The first-order chi connectivity index (χ1) is 8.81. The quantitative estimate of drug-likeness (QED) is 0.685. The molecule has 1 N–H and O–H groups in total. The summed E-state index contributed by atoms with van der Waals surface area (Å²) < 4.78 is 5.82. The number of allylic oxidation sites excluding steroid dienone is 1. The van der Waals surface area contributed by atoms with E-state index in [-0.39, 0.29) is 0 Å². The lowest BCUT2D eigenvalue weighted by atomic mass is 10.1. The SMILES string of the molecule is CCCNC(CCN(CC)CC)C1=CCCCO1. The summed E-state index contributed by atoms with van der Waals surface area (Å²) in [5.74, 6) is 1.18. The Labute approximate surface area is 113 Å². The fraction of sp³-hybridized carbons (Fsp3) is 0.867. The Bertz CT molecular complexity index is 237. The van der Waals surface area contributed by atoms with Crippen molar-refractivity contribution in [1.29, 1.82) is 0 Å². The smallest absolute Gasteiger partial charge is 0.109 e. The van der Waals surface area contributed by atoms with Gasteiger partial charge >= 0.3 is 0 Å². The van der Waals surface area contributed by atoms with Crippen molar-refractivity contribution in [2.75, 3.05) is 32.8 Å². The molecule has 0 amide bonds. The van der Waals surface area contributed by atoms with Crippen molar-refractivity contribution in [3.05, 3.63) is 11.8 Å². The Morgan fingerprint density at radius 3 is 2.67 bits per heavy atom. The minimum Gasteiger partial charge on any atom is -0.497 e. The predicted molar refractivity (Wildman–Crippen MR) is 77.8 cm³/mol. The molecule has 0 spiro atoms. The van der Waals surface area contributed by atoms with Crippen LogP contribution in [0.3, 0.4) is 0 Å². The van der Waals surface area contributed by atoms with E-state index in [0.717, 1.165) is 39.2 Å². The molecule has 0 aromatic carbocycles. The number of nitrogens with one attached hydrogen (secondary N) is 1. The molecule has 18 heavy (non-hydrogen) atoms. The van der Waals surface area contributed by atoms with Gasteiger partial charge in [-0.1, -0.05) is 20.8 Å². The van der Waals surface area contributed by atoms with Gasteiger partial charge in [-0.2, -0.15) is 0 Å². The third kappa shape index (κ3) is 5.40. The van der Waals surface area contributed by atoms with Gasteiger partial charge in [0.05, 0.1) is 12.6 Å². The molecule has 1 rings (SSSR count). The van der Waals surface area contributed by atoms with E-state index >= 15 is 0 Å². The van der Waals surface area contributed by atoms with Crippen LogP contribution in [0.1, 0.15) is 46.5 Å². The Kier molecular flexibility index (Phi) is 8.10. The average Bonchev–Trinajstić information content (AvgIpc) is 2.44. The number of ether oxygens (including phenoxy) is 1. The maximum atomic E-state index is 5.82. The molecule has 0 saturated carbocycles. The third-order valence-corrected chi connectivity index (χ3v) is 3.58. The molecule has 3 heteroatoms. The van der Waals surface area contributed by atoms with Crippen molar-refractivity contribution < 1.29 is 4.74 Å². The van der Waals surface area contributed by atoms with Crippen LogP contribution in [0.15, 0.2) is 11.8 Å². The second-order valence-electron chi connectivity index (χ2n) is 4.92. The van der Waals surface area contributed by atoms with Gasteiger partial charge in [0.15, 0.2) is 0 Å². The first-order valence-electron chi connectivity index (χ1n) is 7.60. The van der Waals surface area contributed by atoms with E-state index in [1.54, 1.807) is 0 Å². The molecule has 0 aromatic heterocycles. The Balaban J connectivity index is 2.46. The Morgan fingerprint density at radius 1 is 1.33 bits per heavy atom. The summed E-state index contributed by atoms with van der Waals surface area (Å²) in [6, 6.07) is 0.408. The predicted octanol–water partition coefficient (Wildman–Crippen LogP) is 2.78. The molecule has 0 radical (unpaired) electrons. The zero-order chi connectivity index (χ0) is 13.2. The Hall–Kier alpha value is -0.540. The molecular formula is C15H30N2O. The maximum absolute atomic E-state index is 5.82. The van der Waals surface area contributed by atoms with E-state index in [9.17, 15) is 0 Å². The van der Waals surface area contributed by atoms with Gasteiger partial charge in [0.1, 0.15) is 5.76 Å². The highest BCUT2D eigenvalue weighted by Gasteiger charge is 2.17. The molecule has 1 heterocycles. The van der Waals surface area contributed by atoms with Gasteiger partial charge in [-0.05, 0) is 51.4 Å². The summed E-state index contributed by atoms with van der Waals surface area (Å²) in [5.41, 5.74) is 0. The first-order valence-corrected chi connectivity index (χ1v) is 7.60. The molecule has 0 saturated heterocycles. The van der Waals surface area contributed by atoms with Crippen LogP contribution < -0.4 is 5.32 Å². The van der Waals surface area contributed by atoms with Crippen LogP contribution in [0, 0.1) is 0 Å². The summed E-state index contributed by atoms with van der Waals surface area (Å²) in [5, 5.41) is 3.62. The fourth-order valence-electron chi connectivity index (χ4n) is 2.33. The van der Waals surface area contributed by atoms with Crippen molar-refractivity contribution in [2.24, 2.45) is 0 Å². The van der Waals surface area contributed by atoms with Crippen LogP contribution >= 0.6 is 0 Å². The van der Waals surface area contributed by atoms with E-state index in [2.05, 4.69) is 37.1 Å². The first kappa shape index (κ1) is 15.5. The number of hydrogen-bond acceptors (Lipinski definition) is 3. The molecule has 106 valence electrons. The molecule has 3 nitrogen and oxygen atoms in total. The molecule has 1 aliphatic rings.